The Balaban J connectivity index is 1.96. The van der Waals surface area contributed by atoms with E-state index in [1.165, 1.54) is 19.6 Å². The van der Waals surface area contributed by atoms with Gasteiger partial charge in [-0.2, -0.15) is 0 Å². The largest absolute Gasteiger partial charge is 0.871 e. The molecule has 0 spiro atoms. The Morgan fingerprint density at radius 2 is 1.32 bits per heavy atom. The van der Waals surface area contributed by atoms with Crippen molar-refractivity contribution in [3.8, 4) is 0 Å². The van der Waals surface area contributed by atoms with Crippen molar-refractivity contribution in [2.24, 2.45) is 22.7 Å². The smallest absolute Gasteiger partial charge is 0.218 e. The molecule has 0 unspecified atom stereocenters. The van der Waals surface area contributed by atoms with E-state index in [2.05, 4.69) is 93.5 Å². The average Bonchev–Trinajstić information content (AvgIpc) is 2.72. The third-order valence-corrected chi connectivity index (χ3v) is 8.21. The maximum atomic E-state index is 13.2. The van der Waals surface area contributed by atoms with Crippen molar-refractivity contribution in [3.05, 3.63) is 78.0 Å². The molecular formula is C34H46O2S2. The van der Waals surface area contributed by atoms with E-state index in [0.717, 1.165) is 36.8 Å². The van der Waals surface area contributed by atoms with Crippen LogP contribution in [0.2, 0.25) is 0 Å². The maximum absolute atomic E-state index is 13.2. The molecule has 0 atom stereocenters. The van der Waals surface area contributed by atoms with Crippen LogP contribution in [0.15, 0.2) is 62.6 Å². The first-order chi connectivity index (χ1) is 17.5. The summed E-state index contributed by atoms with van der Waals surface area (Å²) in [7, 11) is 0. The van der Waals surface area contributed by atoms with Crippen LogP contribution in [-0.2, 0) is 17.6 Å². The predicted octanol–water partition coefficient (Wildman–Crippen LogP) is 9.32. The van der Waals surface area contributed by atoms with Crippen molar-refractivity contribution >= 4 is 35.0 Å². The molecule has 3 rings (SSSR count). The van der Waals surface area contributed by atoms with E-state index < -0.39 is 0 Å². The molecule has 2 aliphatic rings. The highest BCUT2D eigenvalue weighted by molar-refractivity contribution is 8.06. The Morgan fingerprint density at radius 1 is 0.842 bits per heavy atom. The SMILES string of the molecule is CC(C)Cc1cc(C=C2C(=O)C(C=C3C=C(CC(C)(C)C)SC(CC(C)(C)C)=C3)=C2[O-])cc(CC(C)C)[s+]1. The van der Waals surface area contributed by atoms with Crippen molar-refractivity contribution in [2.75, 3.05) is 0 Å². The fraction of sp³-hybridized carbons (Fsp3) is 0.529. The van der Waals surface area contributed by atoms with Crippen LogP contribution in [0.5, 0.6) is 0 Å². The third kappa shape index (κ3) is 9.09. The van der Waals surface area contributed by atoms with Gasteiger partial charge in [0.25, 0.3) is 0 Å². The van der Waals surface area contributed by atoms with Gasteiger partial charge in [0.05, 0.1) is 0 Å². The van der Waals surface area contributed by atoms with Crippen LogP contribution in [0, 0.1) is 22.7 Å². The van der Waals surface area contributed by atoms with Gasteiger partial charge >= 0.3 is 0 Å². The minimum absolute atomic E-state index is 0.138. The Hall–Kier alpha value is -1.91. The zero-order chi connectivity index (χ0) is 28.4. The molecule has 38 heavy (non-hydrogen) atoms. The van der Waals surface area contributed by atoms with Crippen molar-refractivity contribution in [3.63, 3.8) is 0 Å². The molecule has 0 amide bonds. The summed E-state index contributed by atoms with van der Waals surface area (Å²) in [5.74, 6) is 0.836. The van der Waals surface area contributed by atoms with Crippen molar-refractivity contribution < 1.29 is 9.90 Å². The number of rotatable bonds is 8. The van der Waals surface area contributed by atoms with Gasteiger partial charge in [0.15, 0.2) is 5.78 Å². The molecule has 2 nitrogen and oxygen atoms in total. The average molecular weight is 551 g/mol. The molecule has 0 N–H and O–H groups in total. The van der Waals surface area contributed by atoms with Gasteiger partial charge in [-0.15, -0.1) is 0 Å². The van der Waals surface area contributed by atoms with Gasteiger partial charge < -0.3 is 5.11 Å². The van der Waals surface area contributed by atoms with Crippen LogP contribution < -0.4 is 5.11 Å². The molecule has 0 aromatic carbocycles. The molecule has 4 heteroatoms. The summed E-state index contributed by atoms with van der Waals surface area (Å²) >= 11 is 3.70. The van der Waals surface area contributed by atoms with Crippen LogP contribution in [0.3, 0.4) is 0 Å². The van der Waals surface area contributed by atoms with Crippen molar-refractivity contribution in [1.29, 1.82) is 0 Å². The molecule has 0 saturated heterocycles. The van der Waals surface area contributed by atoms with Crippen LogP contribution in [0.25, 0.3) is 6.08 Å². The van der Waals surface area contributed by atoms with Gasteiger partial charge in [0.1, 0.15) is 0 Å². The van der Waals surface area contributed by atoms with Crippen LogP contribution in [0.4, 0.5) is 0 Å². The van der Waals surface area contributed by atoms with Gasteiger partial charge in [-0.05, 0) is 80.8 Å². The Labute approximate surface area is 239 Å². The lowest BCUT2D eigenvalue weighted by Gasteiger charge is -2.30. The number of allylic oxidation sites excluding steroid dienone is 8. The van der Waals surface area contributed by atoms with E-state index in [4.69, 9.17) is 0 Å². The third-order valence-electron chi connectivity index (χ3n) is 6.06. The number of hydrogen-bond acceptors (Lipinski definition) is 3. The summed E-state index contributed by atoms with van der Waals surface area (Å²) in [5, 5.41) is 13.2. The molecule has 1 aliphatic heterocycles. The van der Waals surface area contributed by atoms with E-state index >= 15 is 0 Å². The Kier molecular flexibility index (Phi) is 9.74. The lowest BCUT2D eigenvalue weighted by Crippen LogP contribution is -2.29. The second-order valence-electron chi connectivity index (χ2n) is 14.1. The molecule has 0 fully saturated rings. The van der Waals surface area contributed by atoms with Crippen LogP contribution >= 0.6 is 23.1 Å². The number of carbonyl (C=O) groups is 1. The second-order valence-corrected chi connectivity index (χ2v) is 16.6. The molecule has 0 saturated carbocycles. The fourth-order valence-corrected chi connectivity index (χ4v) is 8.00. The van der Waals surface area contributed by atoms with Gasteiger partial charge in [-0.1, -0.05) is 86.8 Å². The highest BCUT2D eigenvalue weighted by atomic mass is 32.2. The molecule has 2 heterocycles. The number of thioether (sulfide) groups is 1. The number of hydrogen-bond donors (Lipinski definition) is 0. The standard InChI is InChI=1S/C34H46O2S2/c1-21(2)11-25-13-23(14-26(37-25)12-22(3)4)17-29-31(35)30(32(29)36)18-24-15-27(19-33(5,6)7)38-28(16-24)20-34(8,9)10/h13-18,21-22H,11-12,19-20H2,1-10H3. The van der Waals surface area contributed by atoms with Gasteiger partial charge in [-0.3, -0.25) is 4.79 Å². The quantitative estimate of drug-likeness (QED) is 0.239. The maximum Gasteiger partial charge on any atom is 0.218 e. The van der Waals surface area contributed by atoms with E-state index in [-0.39, 0.29) is 22.4 Å². The van der Waals surface area contributed by atoms with E-state index in [9.17, 15) is 9.90 Å². The first-order valence-electron chi connectivity index (χ1n) is 13.9. The highest BCUT2D eigenvalue weighted by Crippen LogP contribution is 2.44. The molecule has 1 aromatic rings. The second kappa shape index (κ2) is 12.1. The zero-order valence-electron chi connectivity index (χ0n) is 25.1. The van der Waals surface area contributed by atoms with Crippen molar-refractivity contribution in [1.82, 2.24) is 0 Å². The van der Waals surface area contributed by atoms with E-state index in [0.29, 0.717) is 23.0 Å². The molecule has 206 valence electrons. The Bertz CT molecular complexity index is 1160. The van der Waals surface area contributed by atoms with Gasteiger partial charge in [-0.25, -0.2) is 0 Å². The van der Waals surface area contributed by atoms with Crippen LogP contribution in [-0.4, -0.2) is 5.78 Å². The number of Topliss-reactive ketones (excluding diaryl/α,β-unsaturated/α-hetero) is 1. The normalized spacial score (nSPS) is 17.8. The molecule has 0 bridgehead atoms. The zero-order valence-corrected chi connectivity index (χ0v) is 26.7. The minimum atomic E-state index is -0.138. The summed E-state index contributed by atoms with van der Waals surface area (Å²) in [6, 6.07) is 4.31. The van der Waals surface area contributed by atoms with Crippen LogP contribution in [0.1, 0.15) is 97.4 Å². The van der Waals surface area contributed by atoms with Crippen molar-refractivity contribution in [2.45, 2.75) is 94.9 Å². The van der Waals surface area contributed by atoms with Gasteiger partial charge in [0.2, 0.25) is 21.1 Å². The van der Waals surface area contributed by atoms with E-state index in [1.54, 1.807) is 0 Å². The highest BCUT2D eigenvalue weighted by Gasteiger charge is 2.28. The first-order valence-corrected chi connectivity index (χ1v) is 15.6. The monoisotopic (exact) mass is 550 g/mol. The number of ketones is 1. The summed E-state index contributed by atoms with van der Waals surface area (Å²) in [4.78, 5) is 18.4. The Morgan fingerprint density at radius 3 is 1.71 bits per heavy atom. The topological polar surface area (TPSA) is 40.1 Å². The molecule has 1 aliphatic carbocycles. The summed E-state index contributed by atoms with van der Waals surface area (Å²) in [6.45, 7) is 22.4. The lowest BCUT2D eigenvalue weighted by atomic mass is 9.85. The molecular weight excluding hydrogens is 505 g/mol. The van der Waals surface area contributed by atoms with E-state index in [1.807, 2.05) is 35.3 Å². The summed E-state index contributed by atoms with van der Waals surface area (Å²) in [6.07, 6.45) is 11.9. The molecule has 1 aromatic heterocycles. The number of carbonyl (C=O) groups excluding carboxylic acids is 1. The fourth-order valence-electron chi connectivity index (χ4n) is 4.70. The molecule has 0 radical (unpaired) electrons. The lowest BCUT2D eigenvalue weighted by molar-refractivity contribution is -0.300. The minimum Gasteiger partial charge on any atom is -0.871 e. The predicted molar refractivity (Wildman–Crippen MR) is 166 cm³/mol. The summed E-state index contributed by atoms with van der Waals surface area (Å²) in [5.41, 5.74) is 2.86. The van der Waals surface area contributed by atoms with Gasteiger partial charge in [0, 0.05) is 36.1 Å². The summed E-state index contributed by atoms with van der Waals surface area (Å²) < 4.78 is 0. The first kappa shape index (κ1) is 30.6.